The van der Waals surface area contributed by atoms with E-state index in [2.05, 4.69) is 13.8 Å². The van der Waals surface area contributed by atoms with Gasteiger partial charge < -0.3 is 9.84 Å². The van der Waals surface area contributed by atoms with Gasteiger partial charge in [-0.15, -0.1) is 0 Å². The number of nitrogens with zero attached hydrogens (tertiary/aromatic N) is 1. The summed E-state index contributed by atoms with van der Waals surface area (Å²) in [5, 5.41) is 11.5. The van der Waals surface area contributed by atoms with Crippen LogP contribution < -0.4 is 4.90 Å². The summed E-state index contributed by atoms with van der Waals surface area (Å²) in [6.07, 6.45) is 0.202. The van der Waals surface area contributed by atoms with E-state index in [1.54, 1.807) is 23.1 Å². The van der Waals surface area contributed by atoms with E-state index in [1.165, 1.54) is 0 Å². The Balaban J connectivity index is 1.71. The molecule has 4 aliphatic rings. The van der Waals surface area contributed by atoms with E-state index in [1.807, 2.05) is 0 Å². The number of carbonyl (C=O) groups excluding carboxylic acids is 1. The van der Waals surface area contributed by atoms with Crippen molar-refractivity contribution in [1.82, 2.24) is 0 Å². The fourth-order valence-electron chi connectivity index (χ4n) is 5.95. The number of carbonyl (C=O) groups is 1. The molecule has 6 heteroatoms. The van der Waals surface area contributed by atoms with Gasteiger partial charge in [-0.25, -0.2) is 0 Å². The highest BCUT2D eigenvalue weighted by atomic mass is 35.5. The van der Waals surface area contributed by atoms with E-state index in [9.17, 15) is 9.90 Å². The van der Waals surface area contributed by atoms with Gasteiger partial charge in [0.05, 0.1) is 28.8 Å². The Labute approximate surface area is 150 Å². The molecule has 0 aromatic heterocycles. The fraction of sp³-hybridized carbons (Fsp3) is 0.611. The Kier molecular flexibility index (Phi) is 3.01. The third kappa shape index (κ3) is 1.53. The number of hydrogen-bond acceptors (Lipinski definition) is 3. The lowest BCUT2D eigenvalue weighted by atomic mass is 9.74. The zero-order chi connectivity index (χ0) is 17.0. The van der Waals surface area contributed by atoms with Gasteiger partial charge in [-0.1, -0.05) is 37.0 Å². The van der Waals surface area contributed by atoms with Crippen molar-refractivity contribution in [1.29, 1.82) is 0 Å². The lowest BCUT2D eigenvalue weighted by Crippen LogP contribution is -2.54. The highest BCUT2D eigenvalue weighted by Crippen LogP contribution is 2.69. The molecule has 2 saturated heterocycles. The number of fused-ring (bicyclic) bond motifs is 2. The summed E-state index contributed by atoms with van der Waals surface area (Å²) >= 11 is 12.5. The SMILES string of the molecule is CC(C)C12OC3C(O)C4CC3C1C4C(=O)N2c1ccc(Cl)cc1Cl. The van der Waals surface area contributed by atoms with Crippen molar-refractivity contribution in [2.24, 2.45) is 29.6 Å². The quantitative estimate of drug-likeness (QED) is 0.871. The summed E-state index contributed by atoms with van der Waals surface area (Å²) in [6.45, 7) is 4.16. The number of rotatable bonds is 2. The fourth-order valence-corrected chi connectivity index (χ4v) is 6.45. The molecule has 0 spiro atoms. The Hall–Kier alpha value is -0.810. The number of aliphatic hydroxyl groups excluding tert-OH is 1. The second-order valence-corrected chi connectivity index (χ2v) is 8.71. The number of anilines is 1. The van der Waals surface area contributed by atoms with Gasteiger partial charge in [0.1, 0.15) is 0 Å². The van der Waals surface area contributed by atoms with Gasteiger partial charge in [0.25, 0.3) is 0 Å². The van der Waals surface area contributed by atoms with E-state index in [0.29, 0.717) is 15.7 Å². The monoisotopic (exact) mass is 367 g/mol. The molecule has 7 atom stereocenters. The van der Waals surface area contributed by atoms with Crippen molar-refractivity contribution in [3.63, 3.8) is 0 Å². The highest BCUT2D eigenvalue weighted by Gasteiger charge is 2.79. The molecule has 4 fully saturated rings. The molecule has 4 nitrogen and oxygen atoms in total. The molecule has 2 heterocycles. The largest absolute Gasteiger partial charge is 0.390 e. The van der Waals surface area contributed by atoms with Gasteiger partial charge in [-0.3, -0.25) is 9.69 Å². The zero-order valence-electron chi connectivity index (χ0n) is 13.4. The average Bonchev–Trinajstić information content (AvgIpc) is 3.17. The van der Waals surface area contributed by atoms with Gasteiger partial charge in [0.2, 0.25) is 5.91 Å². The minimum Gasteiger partial charge on any atom is -0.390 e. The van der Waals surface area contributed by atoms with Crippen molar-refractivity contribution >= 4 is 34.8 Å². The first-order valence-corrected chi connectivity index (χ1v) is 9.28. The Morgan fingerprint density at radius 1 is 1.33 bits per heavy atom. The van der Waals surface area contributed by atoms with Crippen molar-refractivity contribution in [3.8, 4) is 0 Å². The summed E-state index contributed by atoms with van der Waals surface area (Å²) in [6, 6.07) is 5.21. The third-order valence-electron chi connectivity index (χ3n) is 6.69. The molecule has 2 saturated carbocycles. The van der Waals surface area contributed by atoms with Crippen LogP contribution in [0.2, 0.25) is 10.0 Å². The van der Waals surface area contributed by atoms with Crippen LogP contribution in [-0.2, 0) is 9.53 Å². The molecule has 2 aliphatic heterocycles. The summed E-state index contributed by atoms with van der Waals surface area (Å²) < 4.78 is 6.48. The highest BCUT2D eigenvalue weighted by molar-refractivity contribution is 6.37. The molecule has 24 heavy (non-hydrogen) atoms. The first kappa shape index (κ1) is 15.4. The summed E-state index contributed by atoms with van der Waals surface area (Å²) in [5.41, 5.74) is -0.0652. The van der Waals surface area contributed by atoms with Crippen LogP contribution >= 0.6 is 23.2 Å². The number of halogens is 2. The maximum absolute atomic E-state index is 13.3. The average molecular weight is 368 g/mol. The van der Waals surface area contributed by atoms with E-state index >= 15 is 0 Å². The van der Waals surface area contributed by atoms with Gasteiger partial charge in [0, 0.05) is 16.9 Å². The lowest BCUT2D eigenvalue weighted by Gasteiger charge is -2.42. The lowest BCUT2D eigenvalue weighted by molar-refractivity contribution is -0.136. The minimum absolute atomic E-state index is 0.00852. The van der Waals surface area contributed by atoms with Crippen molar-refractivity contribution in [2.75, 3.05) is 4.90 Å². The maximum Gasteiger partial charge on any atom is 0.233 e. The number of ether oxygens (including phenoxy) is 1. The predicted octanol–water partition coefficient (Wildman–Crippen LogP) is 3.33. The summed E-state index contributed by atoms with van der Waals surface area (Å²) in [7, 11) is 0. The molecule has 5 rings (SSSR count). The molecule has 1 N–H and O–H groups in total. The molecule has 1 amide bonds. The number of hydrogen-bond donors (Lipinski definition) is 1. The van der Waals surface area contributed by atoms with Crippen LogP contribution in [-0.4, -0.2) is 28.9 Å². The van der Waals surface area contributed by atoms with Gasteiger partial charge >= 0.3 is 0 Å². The minimum atomic E-state index is -0.721. The van der Waals surface area contributed by atoms with E-state index in [4.69, 9.17) is 27.9 Å². The van der Waals surface area contributed by atoms with Crippen LogP contribution in [0.1, 0.15) is 20.3 Å². The molecule has 0 radical (unpaired) electrons. The second kappa shape index (κ2) is 4.67. The molecular weight excluding hydrogens is 349 g/mol. The zero-order valence-corrected chi connectivity index (χ0v) is 15.0. The van der Waals surface area contributed by atoms with Crippen molar-refractivity contribution in [2.45, 2.75) is 38.2 Å². The topological polar surface area (TPSA) is 49.8 Å². The predicted molar refractivity (Wildman–Crippen MR) is 91.0 cm³/mol. The van der Waals surface area contributed by atoms with Crippen LogP contribution in [0, 0.1) is 29.6 Å². The Morgan fingerprint density at radius 3 is 2.75 bits per heavy atom. The smallest absolute Gasteiger partial charge is 0.233 e. The van der Waals surface area contributed by atoms with Gasteiger partial charge in [-0.05, 0) is 36.5 Å². The second-order valence-electron chi connectivity index (χ2n) is 7.86. The number of benzene rings is 1. The molecule has 1 aromatic carbocycles. The summed E-state index contributed by atoms with van der Waals surface area (Å²) in [4.78, 5) is 15.1. The maximum atomic E-state index is 13.3. The molecule has 2 bridgehead atoms. The van der Waals surface area contributed by atoms with Gasteiger partial charge in [0.15, 0.2) is 5.72 Å². The van der Waals surface area contributed by atoms with Crippen LogP contribution in [0.3, 0.4) is 0 Å². The molecule has 2 aliphatic carbocycles. The van der Waals surface area contributed by atoms with Crippen molar-refractivity contribution < 1.29 is 14.6 Å². The Morgan fingerprint density at radius 2 is 2.08 bits per heavy atom. The van der Waals surface area contributed by atoms with E-state index in [0.717, 1.165) is 6.42 Å². The first-order valence-electron chi connectivity index (χ1n) is 8.53. The molecule has 128 valence electrons. The van der Waals surface area contributed by atoms with Crippen LogP contribution in [0.5, 0.6) is 0 Å². The van der Waals surface area contributed by atoms with Gasteiger partial charge in [-0.2, -0.15) is 0 Å². The standard InChI is InChI=1S/C18H19Cl2NO3/c1-7(2)18-14-10-6-9(15(22)16(10)24-18)13(14)17(23)21(18)12-4-3-8(19)5-11(12)20/h3-5,7,9-10,13-16,22H,6H2,1-2H3. The molecule has 7 unspecified atom stereocenters. The van der Waals surface area contributed by atoms with Crippen LogP contribution in [0.15, 0.2) is 18.2 Å². The van der Waals surface area contributed by atoms with Crippen molar-refractivity contribution in [3.05, 3.63) is 28.2 Å². The van der Waals surface area contributed by atoms with Crippen LogP contribution in [0.25, 0.3) is 0 Å². The van der Waals surface area contributed by atoms with E-state index < -0.39 is 11.8 Å². The van der Waals surface area contributed by atoms with Crippen LogP contribution in [0.4, 0.5) is 5.69 Å². The molecule has 1 aromatic rings. The number of amides is 1. The first-order chi connectivity index (χ1) is 11.4. The van der Waals surface area contributed by atoms with E-state index in [-0.39, 0.29) is 41.6 Å². The number of aliphatic hydroxyl groups is 1. The summed E-state index contributed by atoms with van der Waals surface area (Å²) in [5.74, 6) is 0.363. The molecular formula is C18H19Cl2NO3. The third-order valence-corrected chi connectivity index (χ3v) is 7.22. The normalized spacial score (nSPS) is 45.1. The Bertz CT molecular complexity index is 754.